The van der Waals surface area contributed by atoms with E-state index in [0.29, 0.717) is 33.0 Å². The Hall–Kier alpha value is -2.93. The molecule has 0 fully saturated rings. The molecule has 1 aromatic carbocycles. The Morgan fingerprint density at radius 3 is 2.66 bits per heavy atom. The number of halogens is 1. The lowest BCUT2D eigenvalue weighted by atomic mass is 9.88. The second kappa shape index (κ2) is 7.83. The standard InChI is InChI=1S/C21H25ClN6O/c1-11(21(2,3)4)27-20(29)14-9-25-19-18(14)28-16(10-26-19)17(23)13-7-6-12(22)8-15(13)24-5/h6-11,23-24H,1-5H3,(H,25,26)(H,27,29)/t11-/m0/s1. The molecule has 7 nitrogen and oxygen atoms in total. The molecule has 8 heteroatoms. The highest BCUT2D eigenvalue weighted by molar-refractivity contribution is 6.31. The molecule has 2 aromatic heterocycles. The highest BCUT2D eigenvalue weighted by atomic mass is 35.5. The Balaban J connectivity index is 1.97. The summed E-state index contributed by atoms with van der Waals surface area (Å²) < 4.78 is 0. The van der Waals surface area contributed by atoms with Crippen molar-refractivity contribution < 1.29 is 4.79 Å². The third kappa shape index (κ3) is 4.24. The molecule has 1 atom stereocenters. The molecule has 0 aliphatic carbocycles. The number of H-pyrrole nitrogens is 1. The predicted molar refractivity (Wildman–Crippen MR) is 117 cm³/mol. The van der Waals surface area contributed by atoms with Crippen molar-refractivity contribution in [3.05, 3.63) is 52.4 Å². The van der Waals surface area contributed by atoms with Crippen LogP contribution in [0.25, 0.3) is 11.2 Å². The summed E-state index contributed by atoms with van der Waals surface area (Å²) in [6, 6.07) is 5.21. The topological polar surface area (TPSA) is 107 Å². The number of nitrogens with one attached hydrogen (secondary N) is 4. The highest BCUT2D eigenvalue weighted by Gasteiger charge is 2.24. The summed E-state index contributed by atoms with van der Waals surface area (Å²) in [5.41, 5.74) is 3.20. The molecule has 0 aliphatic rings. The first-order valence-electron chi connectivity index (χ1n) is 9.33. The van der Waals surface area contributed by atoms with Gasteiger partial charge in [0.2, 0.25) is 0 Å². The Labute approximate surface area is 174 Å². The van der Waals surface area contributed by atoms with Crippen LogP contribution in [0.3, 0.4) is 0 Å². The Kier molecular flexibility index (Phi) is 5.61. The fraction of sp³-hybridized carbons (Fsp3) is 0.333. The summed E-state index contributed by atoms with van der Waals surface area (Å²) in [5.74, 6) is -0.223. The minimum atomic E-state index is -0.223. The summed E-state index contributed by atoms with van der Waals surface area (Å²) >= 11 is 6.05. The number of amides is 1. The van der Waals surface area contributed by atoms with Crippen molar-refractivity contribution in [3.63, 3.8) is 0 Å². The van der Waals surface area contributed by atoms with E-state index >= 15 is 0 Å². The van der Waals surface area contributed by atoms with Crippen molar-refractivity contribution in [1.29, 1.82) is 5.41 Å². The smallest absolute Gasteiger partial charge is 0.255 e. The zero-order valence-electron chi connectivity index (χ0n) is 17.1. The SMILES string of the molecule is CNc1cc(Cl)ccc1C(=N)c1cnc2[nH]cc(C(=O)N[C@@H](C)C(C)(C)C)c2n1. The molecule has 29 heavy (non-hydrogen) atoms. The number of benzene rings is 1. The van der Waals surface area contributed by atoms with Crippen molar-refractivity contribution in [2.24, 2.45) is 5.41 Å². The summed E-state index contributed by atoms with van der Waals surface area (Å²) in [4.78, 5) is 24.7. The van der Waals surface area contributed by atoms with Gasteiger partial charge in [0.05, 0.1) is 17.5 Å². The van der Waals surface area contributed by atoms with Crippen molar-refractivity contribution in [1.82, 2.24) is 20.3 Å². The third-order valence-corrected chi connectivity index (χ3v) is 5.28. The number of carbonyl (C=O) groups is 1. The van der Waals surface area contributed by atoms with Crippen LogP contribution < -0.4 is 10.6 Å². The number of aromatic amines is 1. The third-order valence-electron chi connectivity index (χ3n) is 5.05. The van der Waals surface area contributed by atoms with E-state index in [4.69, 9.17) is 17.0 Å². The molecule has 0 aliphatic heterocycles. The molecule has 4 N–H and O–H groups in total. The largest absolute Gasteiger partial charge is 0.388 e. The summed E-state index contributed by atoms with van der Waals surface area (Å²) in [7, 11) is 1.77. The first-order chi connectivity index (χ1) is 13.6. The van der Waals surface area contributed by atoms with Crippen molar-refractivity contribution in [2.45, 2.75) is 33.7 Å². The normalized spacial score (nSPS) is 12.6. The van der Waals surface area contributed by atoms with Crippen molar-refractivity contribution >= 4 is 40.1 Å². The van der Waals surface area contributed by atoms with E-state index in [1.165, 1.54) is 6.20 Å². The maximum absolute atomic E-state index is 12.8. The second-order valence-corrected chi connectivity index (χ2v) is 8.47. The maximum Gasteiger partial charge on any atom is 0.255 e. The minimum absolute atomic E-state index is 0.0263. The quantitative estimate of drug-likeness (QED) is 0.470. The van der Waals surface area contributed by atoms with Gasteiger partial charge in [-0.05, 0) is 30.5 Å². The number of aromatic nitrogens is 3. The van der Waals surface area contributed by atoms with Crippen LogP contribution in [0, 0.1) is 10.8 Å². The molecule has 2 heterocycles. The number of hydrogen-bond donors (Lipinski definition) is 4. The molecule has 0 bridgehead atoms. The van der Waals surface area contributed by atoms with E-state index in [1.807, 2.05) is 6.92 Å². The molecule has 152 valence electrons. The summed E-state index contributed by atoms with van der Waals surface area (Å²) in [6.07, 6.45) is 3.12. The van der Waals surface area contributed by atoms with Gasteiger partial charge in [-0.25, -0.2) is 9.97 Å². The van der Waals surface area contributed by atoms with E-state index in [2.05, 4.69) is 46.4 Å². The molecular formula is C21H25ClN6O. The number of nitrogens with zero attached hydrogens (tertiary/aromatic N) is 2. The average molecular weight is 413 g/mol. The van der Waals surface area contributed by atoms with Crippen LogP contribution in [0.4, 0.5) is 5.69 Å². The van der Waals surface area contributed by atoms with Gasteiger partial charge in [-0.15, -0.1) is 0 Å². The van der Waals surface area contributed by atoms with Crippen LogP contribution in [0.2, 0.25) is 5.02 Å². The fourth-order valence-corrected chi connectivity index (χ4v) is 2.93. The van der Waals surface area contributed by atoms with Crippen LogP contribution in [0.15, 0.2) is 30.6 Å². The Morgan fingerprint density at radius 2 is 2.00 bits per heavy atom. The molecule has 0 spiro atoms. The van der Waals surface area contributed by atoms with Gasteiger partial charge in [0, 0.05) is 35.6 Å². The highest BCUT2D eigenvalue weighted by Crippen LogP contribution is 2.24. The van der Waals surface area contributed by atoms with Gasteiger partial charge >= 0.3 is 0 Å². The molecule has 0 saturated carbocycles. The van der Waals surface area contributed by atoms with Crippen molar-refractivity contribution in [2.75, 3.05) is 12.4 Å². The molecular weight excluding hydrogens is 388 g/mol. The van der Waals surface area contributed by atoms with Gasteiger partial charge in [-0.3, -0.25) is 10.2 Å². The molecule has 3 rings (SSSR count). The molecule has 1 amide bonds. The predicted octanol–water partition coefficient (Wildman–Crippen LogP) is 4.23. The van der Waals surface area contributed by atoms with E-state index in [0.717, 1.165) is 5.69 Å². The van der Waals surface area contributed by atoms with Crippen molar-refractivity contribution in [3.8, 4) is 0 Å². The second-order valence-electron chi connectivity index (χ2n) is 8.03. The maximum atomic E-state index is 12.8. The fourth-order valence-electron chi connectivity index (χ4n) is 2.76. The minimum Gasteiger partial charge on any atom is -0.388 e. The molecule has 0 radical (unpaired) electrons. The zero-order valence-corrected chi connectivity index (χ0v) is 17.9. The molecule has 3 aromatic rings. The van der Waals surface area contributed by atoms with Gasteiger partial charge in [0.15, 0.2) is 5.65 Å². The van der Waals surface area contributed by atoms with Gasteiger partial charge in [0.25, 0.3) is 5.91 Å². The van der Waals surface area contributed by atoms with Gasteiger partial charge in [-0.2, -0.15) is 0 Å². The van der Waals surface area contributed by atoms with Crippen LogP contribution >= 0.6 is 11.6 Å². The molecule has 0 unspecified atom stereocenters. The summed E-state index contributed by atoms with van der Waals surface area (Å²) in [5, 5.41) is 15.2. The number of hydrogen-bond acceptors (Lipinski definition) is 5. The van der Waals surface area contributed by atoms with E-state index in [1.54, 1.807) is 31.4 Å². The molecule has 0 saturated heterocycles. The number of carbonyl (C=O) groups excluding carboxylic acids is 1. The lowest BCUT2D eigenvalue weighted by Gasteiger charge is -2.27. The average Bonchev–Trinajstić information content (AvgIpc) is 3.09. The van der Waals surface area contributed by atoms with E-state index in [-0.39, 0.29) is 23.1 Å². The Bertz CT molecular complexity index is 1080. The van der Waals surface area contributed by atoms with E-state index < -0.39 is 0 Å². The first kappa shape index (κ1) is 20.8. The van der Waals surface area contributed by atoms with Gasteiger partial charge in [-0.1, -0.05) is 32.4 Å². The van der Waals surface area contributed by atoms with Crippen LogP contribution in [-0.4, -0.2) is 39.7 Å². The van der Waals surface area contributed by atoms with E-state index in [9.17, 15) is 4.79 Å². The number of anilines is 1. The lowest BCUT2D eigenvalue weighted by molar-refractivity contribution is 0.0911. The van der Waals surface area contributed by atoms with Gasteiger partial charge in [0.1, 0.15) is 11.2 Å². The Morgan fingerprint density at radius 1 is 1.28 bits per heavy atom. The zero-order chi connectivity index (χ0) is 21.3. The van der Waals surface area contributed by atoms with Crippen LogP contribution in [-0.2, 0) is 0 Å². The number of rotatable bonds is 5. The van der Waals surface area contributed by atoms with Gasteiger partial charge < -0.3 is 15.6 Å². The monoisotopic (exact) mass is 412 g/mol. The van der Waals surface area contributed by atoms with Crippen LogP contribution in [0.5, 0.6) is 0 Å². The lowest BCUT2D eigenvalue weighted by Crippen LogP contribution is -2.41. The number of fused-ring (bicyclic) bond motifs is 1. The first-order valence-corrected chi connectivity index (χ1v) is 9.71. The van der Waals surface area contributed by atoms with Crippen LogP contribution in [0.1, 0.15) is 49.3 Å². The summed E-state index contributed by atoms with van der Waals surface area (Å²) in [6.45, 7) is 8.17.